The zero-order valence-electron chi connectivity index (χ0n) is 15.0. The van der Waals surface area contributed by atoms with Gasteiger partial charge in [0.05, 0.1) is 21.5 Å². The number of aromatic amines is 1. The fourth-order valence-corrected chi connectivity index (χ4v) is 3.90. The summed E-state index contributed by atoms with van der Waals surface area (Å²) in [7, 11) is 0. The van der Waals surface area contributed by atoms with Crippen molar-refractivity contribution in [3.63, 3.8) is 0 Å². The zero-order chi connectivity index (χ0) is 19.6. The van der Waals surface area contributed by atoms with Gasteiger partial charge in [0.2, 0.25) is 5.91 Å². The van der Waals surface area contributed by atoms with Crippen molar-refractivity contribution >= 4 is 45.9 Å². The molecule has 2 atom stereocenters. The summed E-state index contributed by atoms with van der Waals surface area (Å²) >= 11 is 12.6. The monoisotopic (exact) mass is 397 g/mol. The smallest absolute Gasteiger partial charge is 0.253 e. The van der Waals surface area contributed by atoms with Crippen molar-refractivity contribution in [3.05, 3.63) is 32.9 Å². The molecule has 2 heterocycles. The lowest BCUT2D eigenvalue weighted by atomic mass is 9.82. The number of benzene rings is 1. The highest BCUT2D eigenvalue weighted by Gasteiger charge is 2.40. The lowest BCUT2D eigenvalue weighted by Crippen LogP contribution is -2.38. The Bertz CT molecular complexity index is 947. The molecule has 2 aromatic rings. The zero-order valence-corrected chi connectivity index (χ0v) is 16.5. The van der Waals surface area contributed by atoms with Crippen LogP contribution in [0.25, 0.3) is 10.9 Å². The second-order valence-electron chi connectivity index (χ2n) is 7.64. The lowest BCUT2D eigenvalue weighted by Gasteiger charge is -2.24. The van der Waals surface area contributed by atoms with E-state index in [1.165, 1.54) is 13.0 Å². The molecular formula is C18H21Cl2N3O3. The highest BCUT2D eigenvalue weighted by Crippen LogP contribution is 2.45. The molecule has 0 aliphatic carbocycles. The maximum absolute atomic E-state index is 12.5. The van der Waals surface area contributed by atoms with Crippen LogP contribution < -0.4 is 11.1 Å². The summed E-state index contributed by atoms with van der Waals surface area (Å²) in [5, 5.41) is 14.6. The first-order chi connectivity index (χ1) is 11.9. The number of amides is 2. The Morgan fingerprint density at radius 2 is 2.04 bits per heavy atom. The topological polar surface area (TPSA) is 108 Å². The molecule has 140 valence electrons. The Hall–Kier alpha value is -1.76. The van der Waals surface area contributed by atoms with Crippen molar-refractivity contribution in [2.75, 3.05) is 6.54 Å². The van der Waals surface area contributed by atoms with Crippen molar-refractivity contribution in [2.45, 2.75) is 44.6 Å². The Labute approximate surface area is 161 Å². The molecule has 1 unspecified atom stereocenters. The number of rotatable bonds is 2. The molecule has 0 saturated heterocycles. The summed E-state index contributed by atoms with van der Waals surface area (Å²) in [6.07, 6.45) is 0. The van der Waals surface area contributed by atoms with Gasteiger partial charge in [0.25, 0.3) is 5.91 Å². The average Bonchev–Trinajstić information content (AvgIpc) is 2.93. The largest absolute Gasteiger partial charge is 0.376 e. The molecule has 8 heteroatoms. The van der Waals surface area contributed by atoms with Gasteiger partial charge >= 0.3 is 0 Å². The first-order valence-electron chi connectivity index (χ1n) is 8.24. The van der Waals surface area contributed by atoms with Crippen LogP contribution in [-0.2, 0) is 20.6 Å². The van der Waals surface area contributed by atoms with E-state index in [9.17, 15) is 14.7 Å². The van der Waals surface area contributed by atoms with E-state index in [-0.39, 0.29) is 21.5 Å². The molecule has 1 aliphatic heterocycles. The van der Waals surface area contributed by atoms with E-state index in [2.05, 4.69) is 10.3 Å². The van der Waals surface area contributed by atoms with E-state index in [0.29, 0.717) is 23.0 Å². The molecule has 0 saturated carbocycles. The molecule has 1 aromatic carbocycles. The minimum Gasteiger partial charge on any atom is -0.376 e. The van der Waals surface area contributed by atoms with Gasteiger partial charge in [-0.05, 0) is 25.5 Å². The Morgan fingerprint density at radius 1 is 1.42 bits per heavy atom. The molecule has 0 bridgehead atoms. The van der Waals surface area contributed by atoms with Crippen molar-refractivity contribution < 1.29 is 14.7 Å². The van der Waals surface area contributed by atoms with Gasteiger partial charge in [0.1, 0.15) is 0 Å². The summed E-state index contributed by atoms with van der Waals surface area (Å²) in [4.78, 5) is 27.7. The highest BCUT2D eigenvalue weighted by molar-refractivity contribution is 6.45. The van der Waals surface area contributed by atoms with Crippen LogP contribution in [0.1, 0.15) is 50.4 Å². The van der Waals surface area contributed by atoms with E-state index in [1.807, 2.05) is 13.8 Å². The third-order valence-corrected chi connectivity index (χ3v) is 6.01. The van der Waals surface area contributed by atoms with Crippen molar-refractivity contribution in [1.29, 1.82) is 0 Å². The molecular weight excluding hydrogens is 377 g/mol. The Balaban J connectivity index is 2.53. The number of aromatic nitrogens is 1. The maximum atomic E-state index is 12.5. The summed E-state index contributed by atoms with van der Waals surface area (Å²) in [6.45, 7) is 7.49. The maximum Gasteiger partial charge on any atom is 0.253 e. The molecule has 6 nitrogen and oxygen atoms in total. The highest BCUT2D eigenvalue weighted by atomic mass is 35.5. The van der Waals surface area contributed by atoms with Crippen molar-refractivity contribution in [3.8, 4) is 0 Å². The van der Waals surface area contributed by atoms with E-state index >= 15 is 0 Å². The van der Waals surface area contributed by atoms with E-state index < -0.39 is 22.8 Å². The fraction of sp³-hybridized carbons (Fsp3) is 0.444. The fourth-order valence-electron chi connectivity index (χ4n) is 3.50. The summed E-state index contributed by atoms with van der Waals surface area (Å²) in [5.41, 5.74) is 5.23. The van der Waals surface area contributed by atoms with Gasteiger partial charge in [0.15, 0.2) is 5.60 Å². The number of hydrogen-bond donors (Lipinski definition) is 4. The number of fused-ring (bicyclic) bond motifs is 3. The van der Waals surface area contributed by atoms with Gasteiger partial charge in [-0.3, -0.25) is 9.59 Å². The first kappa shape index (κ1) is 19.0. The van der Waals surface area contributed by atoms with Gasteiger partial charge in [-0.2, -0.15) is 0 Å². The van der Waals surface area contributed by atoms with Crippen LogP contribution in [0.2, 0.25) is 10.0 Å². The summed E-state index contributed by atoms with van der Waals surface area (Å²) in [6, 6.07) is 1.44. The second kappa shape index (κ2) is 5.87. The summed E-state index contributed by atoms with van der Waals surface area (Å²) < 4.78 is 0. The molecule has 3 rings (SSSR count). The van der Waals surface area contributed by atoms with Crippen molar-refractivity contribution in [2.24, 2.45) is 5.73 Å². The second-order valence-corrected chi connectivity index (χ2v) is 8.43. The lowest BCUT2D eigenvalue weighted by molar-refractivity contribution is -0.135. The number of hydrogen-bond acceptors (Lipinski definition) is 3. The van der Waals surface area contributed by atoms with Gasteiger partial charge in [-0.1, -0.05) is 37.0 Å². The Morgan fingerprint density at radius 3 is 2.62 bits per heavy atom. The van der Waals surface area contributed by atoms with Crippen LogP contribution in [0.15, 0.2) is 6.07 Å². The molecule has 0 radical (unpaired) electrons. The minimum atomic E-state index is -1.98. The van der Waals surface area contributed by atoms with Crippen LogP contribution >= 0.6 is 23.2 Å². The van der Waals surface area contributed by atoms with Crippen molar-refractivity contribution in [1.82, 2.24) is 10.3 Å². The van der Waals surface area contributed by atoms with Crippen LogP contribution in [0.5, 0.6) is 0 Å². The predicted octanol–water partition coefficient (Wildman–Crippen LogP) is 2.68. The number of nitrogens with two attached hydrogens (primary N) is 1. The van der Waals surface area contributed by atoms with Crippen LogP contribution in [-0.4, -0.2) is 28.4 Å². The standard InChI is InChI=1S/C18H21Cl2N3O3/c1-7-10-11-8(18(4,26)16(21)25)5-9(19)12(20)13(11)23-14(10)17(2,3)6-22-15(7)24/h5,7,23,26H,6H2,1-4H3,(H2,21,25)(H,22,24)/t7-,18?/m0/s1. The number of nitrogens with one attached hydrogen (secondary N) is 2. The van der Waals surface area contributed by atoms with Gasteiger partial charge in [0, 0.05) is 28.6 Å². The molecule has 1 aliphatic rings. The van der Waals surface area contributed by atoms with E-state index in [4.69, 9.17) is 28.9 Å². The van der Waals surface area contributed by atoms with Crippen LogP contribution in [0, 0.1) is 0 Å². The number of aliphatic hydroxyl groups is 1. The molecule has 0 fully saturated rings. The third kappa shape index (κ3) is 2.59. The molecule has 26 heavy (non-hydrogen) atoms. The van der Waals surface area contributed by atoms with Gasteiger partial charge in [-0.15, -0.1) is 0 Å². The normalized spacial score (nSPS) is 21.7. The quantitative estimate of drug-likeness (QED) is 0.625. The molecule has 2 amide bonds. The first-order valence-corrected chi connectivity index (χ1v) is 8.99. The number of primary amides is 1. The number of carbonyl (C=O) groups is 2. The molecule has 1 aromatic heterocycles. The predicted molar refractivity (Wildman–Crippen MR) is 102 cm³/mol. The van der Waals surface area contributed by atoms with Crippen LogP contribution in [0.3, 0.4) is 0 Å². The van der Waals surface area contributed by atoms with Gasteiger partial charge < -0.3 is 21.1 Å². The molecule has 0 spiro atoms. The van der Waals surface area contributed by atoms with E-state index in [0.717, 1.165) is 5.69 Å². The minimum absolute atomic E-state index is 0.145. The van der Waals surface area contributed by atoms with E-state index in [1.54, 1.807) is 6.92 Å². The SMILES string of the molecule is C[C@@H]1C(=O)NCC(C)(C)c2[nH]c3c(Cl)c(Cl)cc(C(C)(O)C(N)=O)c3c21. The number of H-pyrrole nitrogens is 1. The molecule has 5 N–H and O–H groups in total. The number of carbonyl (C=O) groups excluding carboxylic acids is 2. The number of halogens is 2. The van der Waals surface area contributed by atoms with Gasteiger partial charge in [-0.25, -0.2) is 0 Å². The van der Waals surface area contributed by atoms with Crippen LogP contribution in [0.4, 0.5) is 0 Å². The third-order valence-electron chi connectivity index (χ3n) is 5.22. The Kier molecular flexibility index (Phi) is 4.30. The summed E-state index contributed by atoms with van der Waals surface area (Å²) in [5.74, 6) is -1.58. The average molecular weight is 398 g/mol.